The Morgan fingerprint density at radius 3 is 2.56 bits per heavy atom. The van der Waals surface area contributed by atoms with Gasteiger partial charge in [0.05, 0.1) is 0 Å². The predicted octanol–water partition coefficient (Wildman–Crippen LogP) is 4.49. The average molecular weight is 395 g/mol. The minimum Gasteiger partial charge on any atom is -0.483 e. The minimum absolute atomic E-state index is 0.269. The molecule has 2 nitrogen and oxygen atoms in total. The Hall–Kier alpha value is -0.430. The van der Waals surface area contributed by atoms with E-state index in [4.69, 9.17) is 10.5 Å². The third-order valence-corrected chi connectivity index (χ3v) is 4.48. The largest absolute Gasteiger partial charge is 0.483 e. The summed E-state index contributed by atoms with van der Waals surface area (Å²) in [6.07, 6.45) is -0.269. The van der Waals surface area contributed by atoms with Crippen LogP contribution in [0.15, 0.2) is 38.6 Å². The van der Waals surface area contributed by atoms with Crippen LogP contribution in [0.4, 0.5) is 4.39 Å². The van der Waals surface area contributed by atoms with Crippen LogP contribution in [0.3, 0.4) is 0 Å². The number of hydrogen-bond donors (Lipinski definition) is 1. The molecule has 6 heteroatoms. The summed E-state index contributed by atoms with van der Waals surface area (Å²) in [6, 6.07) is 6.40. The second-order valence-corrected chi connectivity index (χ2v) is 6.39. The zero-order valence-corrected chi connectivity index (χ0v) is 13.2. The van der Waals surface area contributed by atoms with E-state index in [9.17, 15) is 4.39 Å². The van der Waals surface area contributed by atoms with E-state index in [0.717, 1.165) is 9.35 Å². The molecule has 0 aliphatic rings. The third-order valence-electron chi connectivity index (χ3n) is 2.23. The van der Waals surface area contributed by atoms with Gasteiger partial charge in [0.25, 0.3) is 0 Å². The fourth-order valence-electron chi connectivity index (χ4n) is 1.48. The van der Waals surface area contributed by atoms with Crippen molar-refractivity contribution in [2.24, 2.45) is 5.73 Å². The summed E-state index contributed by atoms with van der Waals surface area (Å²) in [5.74, 6) is 0.115. The van der Waals surface area contributed by atoms with E-state index in [2.05, 4.69) is 31.9 Å². The maximum atomic E-state index is 13.2. The highest BCUT2D eigenvalue weighted by Crippen LogP contribution is 2.30. The quantitative estimate of drug-likeness (QED) is 0.828. The lowest BCUT2D eigenvalue weighted by atomic mass is 10.3. The second kappa shape index (κ2) is 6.14. The Morgan fingerprint density at radius 2 is 2.00 bits per heavy atom. The molecule has 1 aromatic heterocycles. The summed E-state index contributed by atoms with van der Waals surface area (Å²) >= 11 is 8.17. The summed E-state index contributed by atoms with van der Waals surface area (Å²) in [5.41, 5.74) is 5.70. The van der Waals surface area contributed by atoms with Gasteiger partial charge in [0, 0.05) is 31.8 Å². The number of rotatable bonds is 4. The monoisotopic (exact) mass is 393 g/mol. The van der Waals surface area contributed by atoms with Crippen LogP contribution < -0.4 is 10.5 Å². The molecule has 0 saturated heterocycles. The Kier molecular flexibility index (Phi) is 4.77. The van der Waals surface area contributed by atoms with Crippen LogP contribution in [0, 0.1) is 5.82 Å². The van der Waals surface area contributed by atoms with Crippen molar-refractivity contribution in [3.8, 4) is 5.75 Å². The molecule has 1 unspecified atom stereocenters. The van der Waals surface area contributed by atoms with E-state index < -0.39 is 0 Å². The lowest BCUT2D eigenvalue weighted by Gasteiger charge is -2.16. The zero-order valence-electron chi connectivity index (χ0n) is 9.20. The maximum Gasteiger partial charge on any atom is 0.145 e. The Bertz CT molecular complexity index is 526. The average Bonchev–Trinajstić information content (AvgIpc) is 2.71. The van der Waals surface area contributed by atoms with E-state index in [1.54, 1.807) is 17.4 Å². The van der Waals surface area contributed by atoms with Crippen molar-refractivity contribution in [3.63, 3.8) is 0 Å². The first-order valence-corrected chi connectivity index (χ1v) is 7.62. The summed E-state index contributed by atoms with van der Waals surface area (Å²) < 4.78 is 20.6. The van der Waals surface area contributed by atoms with Crippen LogP contribution in [0.5, 0.6) is 5.75 Å². The van der Waals surface area contributed by atoms with Crippen LogP contribution in [-0.4, -0.2) is 6.54 Å². The number of benzene rings is 1. The first-order chi connectivity index (χ1) is 8.58. The molecule has 0 spiro atoms. The number of hydrogen-bond acceptors (Lipinski definition) is 3. The van der Waals surface area contributed by atoms with Gasteiger partial charge in [0.1, 0.15) is 17.7 Å². The zero-order chi connectivity index (χ0) is 13.1. The van der Waals surface area contributed by atoms with Gasteiger partial charge in [-0.05, 0) is 34.1 Å². The predicted molar refractivity (Wildman–Crippen MR) is 78.5 cm³/mol. The first kappa shape index (κ1) is 14.0. The van der Waals surface area contributed by atoms with Crippen LogP contribution in [0.2, 0.25) is 0 Å². The standard InChI is InChI=1S/C12H10Br2FNOS/c13-7-1-9(15)4-10(2-7)17-11(5-16)12-3-8(14)6-18-12/h1-4,6,11H,5,16H2. The van der Waals surface area contributed by atoms with E-state index in [1.165, 1.54) is 12.1 Å². The van der Waals surface area contributed by atoms with E-state index in [-0.39, 0.29) is 11.9 Å². The molecule has 2 rings (SSSR count). The van der Waals surface area contributed by atoms with Crippen molar-refractivity contribution in [1.82, 2.24) is 0 Å². The number of thiophene rings is 1. The van der Waals surface area contributed by atoms with Gasteiger partial charge >= 0.3 is 0 Å². The fourth-order valence-corrected chi connectivity index (χ4v) is 3.41. The van der Waals surface area contributed by atoms with Gasteiger partial charge < -0.3 is 10.5 Å². The molecule has 1 atom stereocenters. The van der Waals surface area contributed by atoms with Gasteiger partial charge in [-0.25, -0.2) is 4.39 Å². The van der Waals surface area contributed by atoms with Gasteiger partial charge in [-0.2, -0.15) is 0 Å². The molecule has 2 aromatic rings. The lowest BCUT2D eigenvalue weighted by molar-refractivity contribution is 0.217. The maximum absolute atomic E-state index is 13.2. The highest BCUT2D eigenvalue weighted by atomic mass is 79.9. The van der Waals surface area contributed by atoms with Gasteiger partial charge in [0.15, 0.2) is 0 Å². The third kappa shape index (κ3) is 3.54. The molecule has 0 amide bonds. The molecule has 0 aliphatic carbocycles. The Morgan fingerprint density at radius 1 is 1.22 bits per heavy atom. The molecule has 1 heterocycles. The van der Waals surface area contributed by atoms with Crippen molar-refractivity contribution >= 4 is 43.2 Å². The molecule has 0 fully saturated rings. The smallest absolute Gasteiger partial charge is 0.145 e. The van der Waals surface area contributed by atoms with Crippen molar-refractivity contribution in [3.05, 3.63) is 49.3 Å². The SMILES string of the molecule is NCC(Oc1cc(F)cc(Br)c1)c1cc(Br)cs1. The molecule has 0 bridgehead atoms. The van der Waals surface area contributed by atoms with E-state index in [0.29, 0.717) is 16.8 Å². The van der Waals surface area contributed by atoms with Gasteiger partial charge in [0.2, 0.25) is 0 Å². The highest BCUT2D eigenvalue weighted by molar-refractivity contribution is 9.10. The molecule has 2 N–H and O–H groups in total. The van der Waals surface area contributed by atoms with Crippen molar-refractivity contribution in [2.45, 2.75) is 6.10 Å². The molecule has 18 heavy (non-hydrogen) atoms. The Labute approximate surface area is 125 Å². The van der Waals surface area contributed by atoms with E-state index in [1.807, 2.05) is 11.4 Å². The second-order valence-electron chi connectivity index (χ2n) is 3.61. The van der Waals surface area contributed by atoms with Gasteiger partial charge in [-0.1, -0.05) is 15.9 Å². The van der Waals surface area contributed by atoms with Crippen molar-refractivity contribution in [1.29, 1.82) is 0 Å². The molecule has 0 saturated carbocycles. The van der Waals surface area contributed by atoms with Crippen LogP contribution in [-0.2, 0) is 0 Å². The summed E-state index contributed by atoms with van der Waals surface area (Å²) in [5, 5.41) is 1.96. The van der Waals surface area contributed by atoms with E-state index >= 15 is 0 Å². The first-order valence-electron chi connectivity index (χ1n) is 5.15. The summed E-state index contributed by atoms with van der Waals surface area (Å²) in [7, 11) is 0. The lowest BCUT2D eigenvalue weighted by Crippen LogP contribution is -2.17. The van der Waals surface area contributed by atoms with Gasteiger partial charge in [-0.15, -0.1) is 11.3 Å². The molecule has 0 radical (unpaired) electrons. The normalized spacial score (nSPS) is 12.4. The summed E-state index contributed by atoms with van der Waals surface area (Å²) in [4.78, 5) is 1.00. The van der Waals surface area contributed by atoms with Crippen molar-refractivity contribution < 1.29 is 9.13 Å². The van der Waals surface area contributed by atoms with Crippen molar-refractivity contribution in [2.75, 3.05) is 6.54 Å². The number of ether oxygens (including phenoxy) is 1. The van der Waals surface area contributed by atoms with Crippen LogP contribution >= 0.6 is 43.2 Å². The molecule has 96 valence electrons. The van der Waals surface area contributed by atoms with Crippen LogP contribution in [0.1, 0.15) is 11.0 Å². The van der Waals surface area contributed by atoms with Gasteiger partial charge in [-0.3, -0.25) is 0 Å². The fraction of sp³-hybridized carbons (Fsp3) is 0.167. The molecule has 1 aromatic carbocycles. The topological polar surface area (TPSA) is 35.2 Å². The molecular formula is C12H10Br2FNOS. The minimum atomic E-state index is -0.345. The van der Waals surface area contributed by atoms with Crippen LogP contribution in [0.25, 0.3) is 0 Å². The summed E-state index contributed by atoms with van der Waals surface area (Å²) in [6.45, 7) is 0.334. The number of nitrogens with two attached hydrogens (primary N) is 1. The highest BCUT2D eigenvalue weighted by Gasteiger charge is 2.14. The molecule has 0 aliphatic heterocycles. The Balaban J connectivity index is 2.20. The number of halogens is 3. The molecular weight excluding hydrogens is 385 g/mol.